The molecule has 0 aromatic heterocycles. The maximum absolute atomic E-state index is 13.0. The van der Waals surface area contributed by atoms with Crippen molar-refractivity contribution in [2.75, 3.05) is 11.4 Å². The summed E-state index contributed by atoms with van der Waals surface area (Å²) >= 11 is 3.27. The summed E-state index contributed by atoms with van der Waals surface area (Å²) in [5.74, 6) is -4.96. The van der Waals surface area contributed by atoms with Gasteiger partial charge in [-0.2, -0.15) is 13.2 Å². The standard InChI is InChI=1S/C17H12BrF3N2O4/c18-8-1-3-9(4-2-8)23-13(24)11-10-5-6-16(27-10,12(11)14(23)25)7-22-15(26)17(19,20)21/h1-6,10-12H,7H2,(H,22,26). The van der Waals surface area contributed by atoms with Crippen molar-refractivity contribution in [3.63, 3.8) is 0 Å². The molecule has 4 unspecified atom stereocenters. The van der Waals surface area contributed by atoms with Crippen LogP contribution in [-0.2, 0) is 19.1 Å². The van der Waals surface area contributed by atoms with Crippen molar-refractivity contribution >= 4 is 39.3 Å². The van der Waals surface area contributed by atoms with Crippen molar-refractivity contribution in [3.8, 4) is 0 Å². The lowest BCUT2D eigenvalue weighted by molar-refractivity contribution is -0.174. The van der Waals surface area contributed by atoms with Crippen LogP contribution in [0, 0.1) is 11.8 Å². The number of hydrogen-bond donors (Lipinski definition) is 1. The zero-order valence-electron chi connectivity index (χ0n) is 13.5. The first-order valence-electron chi connectivity index (χ1n) is 8.00. The Balaban J connectivity index is 1.62. The van der Waals surface area contributed by atoms with Crippen molar-refractivity contribution in [2.45, 2.75) is 17.9 Å². The number of halogens is 4. The summed E-state index contributed by atoms with van der Waals surface area (Å²) in [6.07, 6.45) is -2.74. The van der Waals surface area contributed by atoms with E-state index in [0.29, 0.717) is 5.69 Å². The topological polar surface area (TPSA) is 75.7 Å². The number of nitrogens with zero attached hydrogens (tertiary/aromatic N) is 1. The smallest absolute Gasteiger partial charge is 0.360 e. The van der Waals surface area contributed by atoms with Crippen LogP contribution in [0.4, 0.5) is 18.9 Å². The molecule has 0 saturated carbocycles. The first kappa shape index (κ1) is 18.2. The monoisotopic (exact) mass is 444 g/mol. The average Bonchev–Trinajstić information content (AvgIpc) is 3.24. The molecule has 1 N–H and O–H groups in total. The summed E-state index contributed by atoms with van der Waals surface area (Å²) in [7, 11) is 0. The molecule has 0 aliphatic carbocycles. The molecule has 1 aromatic rings. The van der Waals surface area contributed by atoms with Crippen LogP contribution in [-0.4, -0.2) is 42.1 Å². The Hall–Kier alpha value is -2.20. The van der Waals surface area contributed by atoms with Gasteiger partial charge in [0.1, 0.15) is 5.60 Å². The van der Waals surface area contributed by atoms with Gasteiger partial charge in [0, 0.05) is 4.47 Å². The SMILES string of the molecule is O=C1C2C3C=CC(CNC(=O)C(F)(F)F)(O3)C2C(=O)N1c1ccc(Br)cc1. The lowest BCUT2D eigenvalue weighted by Gasteiger charge is -2.29. The van der Waals surface area contributed by atoms with Gasteiger partial charge < -0.3 is 10.1 Å². The van der Waals surface area contributed by atoms with E-state index >= 15 is 0 Å². The number of alkyl halides is 3. The number of imide groups is 1. The highest BCUT2D eigenvalue weighted by Gasteiger charge is 2.68. The molecule has 0 spiro atoms. The maximum atomic E-state index is 13.0. The summed E-state index contributed by atoms with van der Waals surface area (Å²) < 4.78 is 43.9. The molecule has 3 amide bonds. The van der Waals surface area contributed by atoms with Crippen molar-refractivity contribution in [1.82, 2.24) is 5.32 Å². The maximum Gasteiger partial charge on any atom is 0.471 e. The fourth-order valence-electron chi connectivity index (χ4n) is 3.87. The van der Waals surface area contributed by atoms with Gasteiger partial charge in [0.05, 0.1) is 30.2 Å². The zero-order chi connectivity index (χ0) is 19.6. The fourth-order valence-corrected chi connectivity index (χ4v) is 4.13. The van der Waals surface area contributed by atoms with Gasteiger partial charge in [-0.1, -0.05) is 28.1 Å². The van der Waals surface area contributed by atoms with E-state index in [2.05, 4.69) is 15.9 Å². The van der Waals surface area contributed by atoms with Gasteiger partial charge in [0.2, 0.25) is 11.8 Å². The number of benzene rings is 1. The van der Waals surface area contributed by atoms with E-state index in [1.807, 2.05) is 0 Å². The van der Waals surface area contributed by atoms with Crippen LogP contribution in [0.15, 0.2) is 40.9 Å². The van der Waals surface area contributed by atoms with Crippen LogP contribution in [0.25, 0.3) is 0 Å². The van der Waals surface area contributed by atoms with E-state index < -0.39 is 54.0 Å². The molecule has 3 aliphatic rings. The third-order valence-electron chi connectivity index (χ3n) is 5.02. The predicted molar refractivity (Wildman–Crippen MR) is 89.4 cm³/mol. The van der Waals surface area contributed by atoms with Crippen LogP contribution in [0.2, 0.25) is 0 Å². The van der Waals surface area contributed by atoms with Crippen LogP contribution < -0.4 is 10.2 Å². The second-order valence-corrected chi connectivity index (χ2v) is 7.48. The summed E-state index contributed by atoms with van der Waals surface area (Å²) in [5, 5.41) is 1.76. The van der Waals surface area contributed by atoms with Gasteiger partial charge in [-0.3, -0.25) is 14.4 Å². The Morgan fingerprint density at radius 3 is 2.52 bits per heavy atom. The number of carbonyl (C=O) groups is 3. The van der Waals surface area contributed by atoms with Gasteiger partial charge in [-0.25, -0.2) is 4.90 Å². The highest BCUT2D eigenvalue weighted by atomic mass is 79.9. The van der Waals surface area contributed by atoms with Crippen LogP contribution >= 0.6 is 15.9 Å². The Bertz CT molecular complexity index is 870. The number of amides is 3. The third kappa shape index (κ3) is 2.69. The molecule has 2 fully saturated rings. The highest BCUT2D eigenvalue weighted by Crippen LogP contribution is 2.52. The van der Waals surface area contributed by atoms with E-state index in [1.165, 1.54) is 6.08 Å². The molecule has 3 aliphatic heterocycles. The number of carbonyl (C=O) groups excluding carboxylic acids is 3. The molecule has 27 heavy (non-hydrogen) atoms. The van der Waals surface area contributed by atoms with E-state index in [9.17, 15) is 27.6 Å². The minimum atomic E-state index is -5.05. The zero-order valence-corrected chi connectivity index (χ0v) is 15.1. The number of rotatable bonds is 3. The van der Waals surface area contributed by atoms with Crippen LogP contribution in [0.5, 0.6) is 0 Å². The molecular formula is C17H12BrF3N2O4. The number of fused-ring (bicyclic) bond motifs is 5. The molecule has 10 heteroatoms. The van der Waals surface area contributed by atoms with Crippen molar-refractivity contribution < 1.29 is 32.3 Å². The summed E-state index contributed by atoms with van der Waals surface area (Å²) in [4.78, 5) is 38.0. The Kier molecular flexibility index (Phi) is 3.97. The highest BCUT2D eigenvalue weighted by molar-refractivity contribution is 9.10. The second kappa shape index (κ2) is 5.90. The van der Waals surface area contributed by atoms with Gasteiger partial charge in [0.15, 0.2) is 0 Å². The Labute approximate surface area is 159 Å². The molecule has 2 saturated heterocycles. The summed E-state index contributed by atoms with van der Waals surface area (Å²) in [5.41, 5.74) is -1.09. The normalized spacial score (nSPS) is 31.6. The quantitative estimate of drug-likeness (QED) is 0.570. The van der Waals surface area contributed by atoms with E-state index in [0.717, 1.165) is 9.37 Å². The first-order chi connectivity index (χ1) is 12.6. The Morgan fingerprint density at radius 1 is 1.22 bits per heavy atom. The molecule has 4 atom stereocenters. The number of hydrogen-bond acceptors (Lipinski definition) is 4. The summed E-state index contributed by atoms with van der Waals surface area (Å²) in [6.45, 7) is -0.549. The fraction of sp³-hybridized carbons (Fsp3) is 0.353. The lowest BCUT2D eigenvalue weighted by Crippen LogP contribution is -2.51. The van der Waals surface area contributed by atoms with Crippen molar-refractivity contribution in [2.24, 2.45) is 11.8 Å². The van der Waals surface area contributed by atoms with E-state index in [4.69, 9.17) is 4.74 Å². The van der Waals surface area contributed by atoms with Gasteiger partial charge >= 0.3 is 12.1 Å². The predicted octanol–water partition coefficient (Wildman–Crippen LogP) is 1.94. The molecule has 0 radical (unpaired) electrons. The van der Waals surface area contributed by atoms with Crippen LogP contribution in [0.1, 0.15) is 0 Å². The van der Waals surface area contributed by atoms with Gasteiger partial charge in [-0.15, -0.1) is 0 Å². The molecule has 1 aromatic carbocycles. The van der Waals surface area contributed by atoms with E-state index in [1.54, 1.807) is 35.7 Å². The van der Waals surface area contributed by atoms with Crippen molar-refractivity contribution in [1.29, 1.82) is 0 Å². The second-order valence-electron chi connectivity index (χ2n) is 6.57. The molecule has 142 valence electrons. The molecule has 3 heterocycles. The van der Waals surface area contributed by atoms with E-state index in [-0.39, 0.29) is 0 Å². The number of anilines is 1. The molecule has 4 rings (SSSR count). The number of ether oxygens (including phenoxy) is 1. The first-order valence-corrected chi connectivity index (χ1v) is 8.79. The molecule has 6 nitrogen and oxygen atoms in total. The average molecular weight is 445 g/mol. The van der Waals surface area contributed by atoms with Gasteiger partial charge in [0.25, 0.3) is 0 Å². The number of nitrogens with one attached hydrogen (secondary N) is 1. The largest absolute Gasteiger partial charge is 0.471 e. The third-order valence-corrected chi connectivity index (χ3v) is 5.55. The van der Waals surface area contributed by atoms with Crippen molar-refractivity contribution in [3.05, 3.63) is 40.9 Å². The molecular weight excluding hydrogens is 433 g/mol. The van der Waals surface area contributed by atoms with Gasteiger partial charge in [-0.05, 0) is 24.3 Å². The lowest BCUT2D eigenvalue weighted by atomic mass is 9.77. The Morgan fingerprint density at radius 2 is 1.89 bits per heavy atom. The van der Waals surface area contributed by atoms with Crippen LogP contribution in [0.3, 0.4) is 0 Å². The minimum absolute atomic E-state index is 0.372. The molecule has 2 bridgehead atoms. The summed E-state index contributed by atoms with van der Waals surface area (Å²) in [6, 6.07) is 6.53. The minimum Gasteiger partial charge on any atom is -0.360 e.